The zero-order valence-corrected chi connectivity index (χ0v) is 10.8. The van der Waals surface area contributed by atoms with E-state index in [1.54, 1.807) is 22.3 Å². The predicted molar refractivity (Wildman–Crippen MR) is 73.9 cm³/mol. The highest BCUT2D eigenvalue weighted by molar-refractivity contribution is 5.67. The van der Waals surface area contributed by atoms with Crippen LogP contribution < -0.4 is 0 Å². The smallest absolute Gasteiger partial charge is 0.0657 e. The SMILES string of the molecule is c1[nH]c(-c2[nH]cc3c2CCCC3)c2c1CCCC2. The minimum Gasteiger partial charge on any atom is -0.359 e. The van der Waals surface area contributed by atoms with Gasteiger partial charge in [0.25, 0.3) is 0 Å². The maximum atomic E-state index is 3.54. The molecule has 0 amide bonds. The zero-order chi connectivity index (χ0) is 11.9. The molecule has 18 heavy (non-hydrogen) atoms. The van der Waals surface area contributed by atoms with Crippen molar-refractivity contribution in [2.75, 3.05) is 0 Å². The summed E-state index contributed by atoms with van der Waals surface area (Å²) in [5.74, 6) is 0. The standard InChI is InChI=1S/C16H20N2/c1-3-7-13-11(5-1)9-17-15(13)16-14-8-4-2-6-12(14)10-18-16/h9-10,17-18H,1-8H2. The number of rotatable bonds is 1. The maximum absolute atomic E-state index is 3.54. The maximum Gasteiger partial charge on any atom is 0.0657 e. The van der Waals surface area contributed by atoms with Crippen molar-refractivity contribution in [2.45, 2.75) is 51.4 Å². The molecule has 4 rings (SSSR count). The Morgan fingerprint density at radius 2 is 1.06 bits per heavy atom. The lowest BCUT2D eigenvalue weighted by Crippen LogP contribution is -2.03. The molecule has 2 heteroatoms. The van der Waals surface area contributed by atoms with Crippen molar-refractivity contribution >= 4 is 0 Å². The third-order valence-electron chi connectivity index (χ3n) is 4.66. The van der Waals surface area contributed by atoms with E-state index in [2.05, 4.69) is 22.4 Å². The summed E-state index contributed by atoms with van der Waals surface area (Å²) in [6.07, 6.45) is 14.9. The summed E-state index contributed by atoms with van der Waals surface area (Å²) in [7, 11) is 0. The summed E-state index contributed by atoms with van der Waals surface area (Å²) < 4.78 is 0. The molecule has 0 fully saturated rings. The average Bonchev–Trinajstić information content (AvgIpc) is 3.01. The van der Waals surface area contributed by atoms with E-state index < -0.39 is 0 Å². The van der Waals surface area contributed by atoms with E-state index in [9.17, 15) is 0 Å². The molecule has 94 valence electrons. The van der Waals surface area contributed by atoms with Crippen LogP contribution in [0.1, 0.15) is 47.9 Å². The molecule has 0 bridgehead atoms. The van der Waals surface area contributed by atoms with E-state index in [0.29, 0.717) is 0 Å². The third-order valence-corrected chi connectivity index (χ3v) is 4.66. The quantitative estimate of drug-likeness (QED) is 0.760. The van der Waals surface area contributed by atoms with Crippen LogP contribution in [0.3, 0.4) is 0 Å². The molecular formula is C16H20N2. The van der Waals surface area contributed by atoms with E-state index >= 15 is 0 Å². The zero-order valence-electron chi connectivity index (χ0n) is 10.8. The lowest BCUT2D eigenvalue weighted by Gasteiger charge is -2.15. The Hall–Kier alpha value is -1.44. The summed E-state index contributed by atoms with van der Waals surface area (Å²) in [5, 5.41) is 0. The second kappa shape index (κ2) is 4.04. The van der Waals surface area contributed by atoms with Crippen LogP contribution in [-0.2, 0) is 25.7 Å². The van der Waals surface area contributed by atoms with Gasteiger partial charge in [-0.05, 0) is 73.6 Å². The number of nitrogens with one attached hydrogen (secondary N) is 2. The van der Waals surface area contributed by atoms with Gasteiger partial charge in [-0.15, -0.1) is 0 Å². The first-order valence-electron chi connectivity index (χ1n) is 7.32. The van der Waals surface area contributed by atoms with E-state index in [4.69, 9.17) is 0 Å². The average molecular weight is 240 g/mol. The van der Waals surface area contributed by atoms with E-state index in [1.165, 1.54) is 62.8 Å². The van der Waals surface area contributed by atoms with Gasteiger partial charge in [0.05, 0.1) is 11.4 Å². The van der Waals surface area contributed by atoms with Crippen LogP contribution in [0, 0.1) is 0 Å². The summed E-state index contributed by atoms with van der Waals surface area (Å²) in [5.41, 5.74) is 9.03. The van der Waals surface area contributed by atoms with Gasteiger partial charge in [0.1, 0.15) is 0 Å². The van der Waals surface area contributed by atoms with Crippen molar-refractivity contribution in [2.24, 2.45) is 0 Å². The summed E-state index contributed by atoms with van der Waals surface area (Å²) in [6.45, 7) is 0. The van der Waals surface area contributed by atoms with Gasteiger partial charge < -0.3 is 9.97 Å². The number of H-pyrrole nitrogens is 2. The number of aromatic amines is 2. The fourth-order valence-electron chi connectivity index (χ4n) is 3.69. The fraction of sp³-hybridized carbons (Fsp3) is 0.500. The van der Waals surface area contributed by atoms with Crippen molar-refractivity contribution < 1.29 is 0 Å². The van der Waals surface area contributed by atoms with Crippen LogP contribution >= 0.6 is 0 Å². The van der Waals surface area contributed by atoms with Crippen LogP contribution in [-0.4, -0.2) is 9.97 Å². The molecular weight excluding hydrogens is 220 g/mol. The van der Waals surface area contributed by atoms with Crippen LogP contribution in [0.15, 0.2) is 12.4 Å². The number of hydrogen-bond donors (Lipinski definition) is 2. The molecule has 2 aromatic rings. The molecule has 0 radical (unpaired) electrons. The first kappa shape index (κ1) is 10.5. The molecule has 0 saturated carbocycles. The molecule has 2 aromatic heterocycles. The van der Waals surface area contributed by atoms with Gasteiger partial charge in [-0.3, -0.25) is 0 Å². The van der Waals surface area contributed by atoms with Gasteiger partial charge in [0.15, 0.2) is 0 Å². The highest BCUT2D eigenvalue weighted by Crippen LogP contribution is 2.35. The Balaban J connectivity index is 1.83. The summed E-state index contributed by atoms with van der Waals surface area (Å²) in [6, 6.07) is 0. The first-order chi connectivity index (χ1) is 8.93. The van der Waals surface area contributed by atoms with Gasteiger partial charge in [-0.25, -0.2) is 0 Å². The lowest BCUT2D eigenvalue weighted by molar-refractivity contribution is 0.687. The lowest BCUT2D eigenvalue weighted by atomic mass is 9.89. The van der Waals surface area contributed by atoms with E-state index in [1.807, 2.05) is 0 Å². The fourth-order valence-corrected chi connectivity index (χ4v) is 3.69. The molecule has 0 spiro atoms. The molecule has 2 nitrogen and oxygen atoms in total. The molecule has 2 aliphatic rings. The van der Waals surface area contributed by atoms with Crippen LogP contribution in [0.5, 0.6) is 0 Å². The molecule has 0 atom stereocenters. The molecule has 2 heterocycles. The number of fused-ring (bicyclic) bond motifs is 2. The van der Waals surface area contributed by atoms with Crippen LogP contribution in [0.25, 0.3) is 11.4 Å². The highest BCUT2D eigenvalue weighted by atomic mass is 14.8. The van der Waals surface area contributed by atoms with Gasteiger partial charge in [0, 0.05) is 12.4 Å². The first-order valence-corrected chi connectivity index (χ1v) is 7.32. The van der Waals surface area contributed by atoms with Crippen LogP contribution in [0.2, 0.25) is 0 Å². The van der Waals surface area contributed by atoms with Crippen molar-refractivity contribution in [3.63, 3.8) is 0 Å². The van der Waals surface area contributed by atoms with E-state index in [0.717, 1.165) is 0 Å². The highest BCUT2D eigenvalue weighted by Gasteiger charge is 2.21. The Labute approximate surface area is 108 Å². The topological polar surface area (TPSA) is 31.6 Å². The number of aryl methyl sites for hydroxylation is 2. The van der Waals surface area contributed by atoms with Crippen LogP contribution in [0.4, 0.5) is 0 Å². The molecule has 0 aliphatic heterocycles. The van der Waals surface area contributed by atoms with Crippen molar-refractivity contribution in [1.82, 2.24) is 9.97 Å². The summed E-state index contributed by atoms with van der Waals surface area (Å²) >= 11 is 0. The minimum absolute atomic E-state index is 1.25. The van der Waals surface area contributed by atoms with Crippen molar-refractivity contribution in [1.29, 1.82) is 0 Å². The number of aromatic nitrogens is 2. The Morgan fingerprint density at radius 1 is 0.611 bits per heavy atom. The van der Waals surface area contributed by atoms with Gasteiger partial charge >= 0.3 is 0 Å². The van der Waals surface area contributed by atoms with Crippen molar-refractivity contribution in [3.8, 4) is 11.4 Å². The molecule has 0 unspecified atom stereocenters. The summed E-state index contributed by atoms with van der Waals surface area (Å²) in [4.78, 5) is 7.07. The second-order valence-electron chi connectivity index (χ2n) is 5.75. The number of hydrogen-bond acceptors (Lipinski definition) is 0. The third kappa shape index (κ3) is 1.48. The van der Waals surface area contributed by atoms with Gasteiger partial charge in [-0.2, -0.15) is 0 Å². The monoisotopic (exact) mass is 240 g/mol. The molecule has 2 aliphatic carbocycles. The molecule has 0 saturated heterocycles. The molecule has 2 N–H and O–H groups in total. The van der Waals surface area contributed by atoms with Gasteiger partial charge in [0.2, 0.25) is 0 Å². The Morgan fingerprint density at radius 3 is 1.56 bits per heavy atom. The van der Waals surface area contributed by atoms with Crippen molar-refractivity contribution in [3.05, 3.63) is 34.6 Å². The van der Waals surface area contributed by atoms with Gasteiger partial charge in [-0.1, -0.05) is 0 Å². The normalized spacial score (nSPS) is 18.4. The predicted octanol–water partition coefficient (Wildman–Crippen LogP) is 3.77. The molecule has 0 aromatic carbocycles. The Bertz CT molecular complexity index is 522. The Kier molecular flexibility index (Phi) is 2.35. The largest absolute Gasteiger partial charge is 0.359 e. The van der Waals surface area contributed by atoms with E-state index in [-0.39, 0.29) is 0 Å². The second-order valence-corrected chi connectivity index (χ2v) is 5.75. The minimum atomic E-state index is 1.25.